The van der Waals surface area contributed by atoms with Gasteiger partial charge in [0.15, 0.2) is 0 Å². The topological polar surface area (TPSA) is 45.2 Å². The van der Waals surface area contributed by atoms with Gasteiger partial charge in [-0.25, -0.2) is 4.98 Å². The van der Waals surface area contributed by atoms with E-state index in [4.69, 9.17) is 16.6 Å². The van der Waals surface area contributed by atoms with Crippen molar-refractivity contribution in [3.63, 3.8) is 0 Å². The molecule has 1 N–H and O–H groups in total. The van der Waals surface area contributed by atoms with Crippen LogP contribution in [-0.4, -0.2) is 10.9 Å². The molecule has 2 heterocycles. The van der Waals surface area contributed by atoms with Crippen LogP contribution in [0.1, 0.15) is 22.1 Å². The van der Waals surface area contributed by atoms with Gasteiger partial charge < -0.3 is 5.32 Å². The van der Waals surface area contributed by atoms with Gasteiger partial charge in [0.1, 0.15) is 12.0 Å². The molecule has 142 valence electrons. The van der Waals surface area contributed by atoms with E-state index >= 15 is 0 Å². The summed E-state index contributed by atoms with van der Waals surface area (Å²) in [4.78, 5) is 20.1. The summed E-state index contributed by atoms with van der Waals surface area (Å²) in [5.74, 6) is 0.452. The average molecular weight is 465 g/mol. The fourth-order valence-corrected chi connectivity index (χ4v) is 4.32. The molecule has 4 nitrogen and oxygen atoms in total. The molecule has 1 atom stereocenters. The molecule has 0 radical (unpaired) electrons. The standard InChI is InChI=1S/C23H15BrClN3O/c24-19-10-3-2-9-17(19)22-27-21-18(12-14-6-1-4-11-20(14)26-21)23(29)28(22)16-8-5-7-15(25)13-16/h1-13,22H,(H,26,27)/t22-/m0/s1. The Bertz CT molecular complexity index is 1260. The number of rotatable bonds is 2. The monoisotopic (exact) mass is 463 g/mol. The molecule has 0 saturated heterocycles. The van der Waals surface area contributed by atoms with Crippen LogP contribution in [0, 0.1) is 0 Å². The molecule has 0 fully saturated rings. The molecular weight excluding hydrogens is 450 g/mol. The lowest BCUT2D eigenvalue weighted by molar-refractivity contribution is 0.0974. The number of aromatic nitrogens is 1. The van der Waals surface area contributed by atoms with Crippen LogP contribution in [-0.2, 0) is 0 Å². The molecule has 1 aliphatic rings. The number of anilines is 2. The number of halogens is 2. The number of hydrogen-bond donors (Lipinski definition) is 1. The normalized spacial score (nSPS) is 15.9. The Morgan fingerprint density at radius 1 is 0.966 bits per heavy atom. The zero-order valence-corrected chi connectivity index (χ0v) is 17.5. The lowest BCUT2D eigenvalue weighted by Gasteiger charge is -2.38. The number of amides is 1. The number of pyridine rings is 1. The maximum atomic E-state index is 13.7. The van der Waals surface area contributed by atoms with Gasteiger partial charge in [0, 0.05) is 26.1 Å². The number of carbonyl (C=O) groups excluding carboxylic acids is 1. The highest BCUT2D eigenvalue weighted by Gasteiger charge is 2.36. The van der Waals surface area contributed by atoms with Gasteiger partial charge in [0.25, 0.3) is 5.91 Å². The molecule has 3 aromatic carbocycles. The van der Waals surface area contributed by atoms with Crippen LogP contribution in [0.25, 0.3) is 10.9 Å². The first-order valence-corrected chi connectivity index (χ1v) is 10.3. The van der Waals surface area contributed by atoms with Crippen LogP contribution in [0.3, 0.4) is 0 Å². The molecule has 0 bridgehead atoms. The Hall–Kier alpha value is -2.89. The zero-order chi connectivity index (χ0) is 20.0. The van der Waals surface area contributed by atoms with E-state index in [0.717, 1.165) is 26.6 Å². The van der Waals surface area contributed by atoms with Crippen molar-refractivity contribution in [3.05, 3.63) is 99.5 Å². The summed E-state index contributed by atoms with van der Waals surface area (Å²) in [7, 11) is 0. The SMILES string of the molecule is O=C1c2cc3ccccc3nc2N[C@H](c2ccccc2Br)N1c1cccc(Cl)c1. The highest BCUT2D eigenvalue weighted by atomic mass is 79.9. The fraction of sp³-hybridized carbons (Fsp3) is 0.0435. The Labute approximate surface area is 181 Å². The molecular formula is C23H15BrClN3O. The molecule has 1 aliphatic heterocycles. The maximum absolute atomic E-state index is 13.7. The van der Waals surface area contributed by atoms with E-state index < -0.39 is 6.17 Å². The Balaban J connectivity index is 1.73. The summed E-state index contributed by atoms with van der Waals surface area (Å²) in [6.07, 6.45) is -0.433. The third-order valence-electron chi connectivity index (χ3n) is 4.99. The van der Waals surface area contributed by atoms with Crippen LogP contribution >= 0.6 is 27.5 Å². The van der Waals surface area contributed by atoms with E-state index in [2.05, 4.69) is 21.2 Å². The first-order chi connectivity index (χ1) is 14.1. The predicted molar refractivity (Wildman–Crippen MR) is 121 cm³/mol. The van der Waals surface area contributed by atoms with Crippen molar-refractivity contribution in [1.82, 2.24) is 4.98 Å². The Morgan fingerprint density at radius 3 is 2.59 bits per heavy atom. The minimum Gasteiger partial charge on any atom is -0.345 e. The fourth-order valence-electron chi connectivity index (χ4n) is 3.64. The second kappa shape index (κ2) is 7.17. The molecule has 29 heavy (non-hydrogen) atoms. The first kappa shape index (κ1) is 18.2. The van der Waals surface area contributed by atoms with Crippen molar-refractivity contribution < 1.29 is 4.79 Å². The molecule has 0 spiro atoms. The number of nitrogens with one attached hydrogen (secondary N) is 1. The van der Waals surface area contributed by atoms with Gasteiger partial charge in [-0.15, -0.1) is 0 Å². The van der Waals surface area contributed by atoms with Crippen LogP contribution in [0.15, 0.2) is 83.3 Å². The zero-order valence-electron chi connectivity index (χ0n) is 15.1. The highest BCUT2D eigenvalue weighted by Crippen LogP contribution is 2.39. The van der Waals surface area contributed by atoms with Gasteiger partial charge in [-0.05, 0) is 36.4 Å². The van der Waals surface area contributed by atoms with Gasteiger partial charge >= 0.3 is 0 Å². The van der Waals surface area contributed by atoms with Crippen molar-refractivity contribution in [2.24, 2.45) is 0 Å². The molecule has 4 aromatic rings. The third kappa shape index (κ3) is 3.16. The number of para-hydroxylation sites is 1. The quantitative estimate of drug-likeness (QED) is 0.372. The predicted octanol–water partition coefficient (Wildman–Crippen LogP) is 6.42. The van der Waals surface area contributed by atoms with Gasteiger partial charge in [0.05, 0.1) is 11.1 Å². The molecule has 6 heteroatoms. The van der Waals surface area contributed by atoms with E-state index in [1.165, 1.54) is 0 Å². The van der Waals surface area contributed by atoms with Crippen LogP contribution in [0.4, 0.5) is 11.5 Å². The van der Waals surface area contributed by atoms with Gasteiger partial charge in [-0.3, -0.25) is 9.69 Å². The van der Waals surface area contributed by atoms with E-state index in [1.807, 2.05) is 66.7 Å². The van der Waals surface area contributed by atoms with Crippen molar-refractivity contribution in [3.8, 4) is 0 Å². The first-order valence-electron chi connectivity index (χ1n) is 9.12. The van der Waals surface area contributed by atoms with Crippen molar-refractivity contribution in [2.75, 3.05) is 10.2 Å². The smallest absolute Gasteiger partial charge is 0.264 e. The second-order valence-corrected chi connectivity index (χ2v) is 8.09. The molecule has 5 rings (SSSR count). The molecule has 0 saturated carbocycles. The van der Waals surface area contributed by atoms with Gasteiger partial charge in [-0.1, -0.05) is 70.0 Å². The number of benzene rings is 3. The molecule has 0 unspecified atom stereocenters. The minimum absolute atomic E-state index is 0.125. The number of carbonyl (C=O) groups is 1. The van der Waals surface area contributed by atoms with Crippen molar-refractivity contribution >= 4 is 55.8 Å². The summed E-state index contributed by atoms with van der Waals surface area (Å²) >= 11 is 9.86. The largest absolute Gasteiger partial charge is 0.345 e. The molecule has 0 aliphatic carbocycles. The van der Waals surface area contributed by atoms with E-state index in [0.29, 0.717) is 16.4 Å². The van der Waals surface area contributed by atoms with Crippen LogP contribution < -0.4 is 10.2 Å². The summed E-state index contributed by atoms with van der Waals surface area (Å²) in [6, 6.07) is 24.8. The van der Waals surface area contributed by atoms with E-state index in [-0.39, 0.29) is 5.91 Å². The minimum atomic E-state index is -0.433. The van der Waals surface area contributed by atoms with E-state index in [9.17, 15) is 4.79 Å². The van der Waals surface area contributed by atoms with Crippen molar-refractivity contribution in [1.29, 1.82) is 0 Å². The maximum Gasteiger partial charge on any atom is 0.264 e. The number of nitrogens with zero attached hydrogens (tertiary/aromatic N) is 2. The Kier molecular flexibility index (Phi) is 4.49. The van der Waals surface area contributed by atoms with Crippen molar-refractivity contribution in [2.45, 2.75) is 6.17 Å². The van der Waals surface area contributed by atoms with Gasteiger partial charge in [-0.2, -0.15) is 0 Å². The summed E-state index contributed by atoms with van der Waals surface area (Å²) < 4.78 is 0.904. The third-order valence-corrected chi connectivity index (χ3v) is 5.95. The van der Waals surface area contributed by atoms with Gasteiger partial charge in [0.2, 0.25) is 0 Å². The van der Waals surface area contributed by atoms with Crippen LogP contribution in [0.5, 0.6) is 0 Å². The summed E-state index contributed by atoms with van der Waals surface area (Å²) in [5.41, 5.74) is 3.02. The van der Waals surface area contributed by atoms with E-state index in [1.54, 1.807) is 17.0 Å². The van der Waals surface area contributed by atoms with Crippen LogP contribution in [0.2, 0.25) is 5.02 Å². The lowest BCUT2D eigenvalue weighted by Crippen LogP contribution is -2.43. The number of hydrogen-bond acceptors (Lipinski definition) is 3. The highest BCUT2D eigenvalue weighted by molar-refractivity contribution is 9.10. The number of fused-ring (bicyclic) bond motifs is 2. The molecule has 1 aromatic heterocycles. The summed E-state index contributed by atoms with van der Waals surface area (Å²) in [6.45, 7) is 0. The Morgan fingerprint density at radius 2 is 1.76 bits per heavy atom. The second-order valence-electron chi connectivity index (χ2n) is 6.80. The summed E-state index contributed by atoms with van der Waals surface area (Å²) in [5, 5.41) is 4.96. The molecule has 1 amide bonds. The lowest BCUT2D eigenvalue weighted by atomic mass is 10.0. The average Bonchev–Trinajstić information content (AvgIpc) is 2.73.